The first kappa shape index (κ1) is 27.6. The van der Waals surface area contributed by atoms with Crippen LogP contribution < -0.4 is 20.7 Å². The summed E-state index contributed by atoms with van der Waals surface area (Å²) in [5, 5.41) is 6.95. The zero-order valence-corrected chi connectivity index (χ0v) is 23.1. The van der Waals surface area contributed by atoms with Crippen molar-refractivity contribution in [2.24, 2.45) is 0 Å². The molecule has 4 aromatic carbocycles. The van der Waals surface area contributed by atoms with Gasteiger partial charge in [-0.05, 0) is 45.7 Å². The maximum Gasteiger partial charge on any atom is 0.255 e. The zero-order chi connectivity index (χ0) is 28.3. The van der Waals surface area contributed by atoms with Gasteiger partial charge in [-0.3, -0.25) is 9.59 Å². The Morgan fingerprint density at radius 1 is 0.732 bits per heavy atom. The van der Waals surface area contributed by atoms with Gasteiger partial charge in [0.25, 0.3) is 5.88 Å². The lowest BCUT2D eigenvalue weighted by atomic mass is 10.2. The van der Waals surface area contributed by atoms with Crippen molar-refractivity contribution in [2.45, 2.75) is 6.61 Å². The molecule has 6 heteroatoms. The van der Waals surface area contributed by atoms with Gasteiger partial charge >= 0.3 is 0 Å². The average molecular weight is 558 g/mol. The summed E-state index contributed by atoms with van der Waals surface area (Å²) >= 11 is 0. The Morgan fingerprint density at radius 3 is 1.76 bits per heavy atom. The topological polar surface area (TPSA) is 69.4 Å². The third-order valence-electron chi connectivity index (χ3n) is 6.51. The molecule has 202 valence electrons. The highest BCUT2D eigenvalue weighted by Gasteiger charge is 2.32. The minimum absolute atomic E-state index is 0.224. The number of benzene rings is 4. The van der Waals surface area contributed by atoms with Gasteiger partial charge in [-0.25, -0.2) is 0 Å². The number of hydrogen-bond acceptors (Lipinski definition) is 5. The van der Waals surface area contributed by atoms with Crippen molar-refractivity contribution in [3.8, 4) is 5.88 Å². The predicted molar refractivity (Wildman–Crippen MR) is 167 cm³/mol. The number of ether oxygens (including phenoxy) is 1. The molecule has 5 nitrogen and oxygen atoms in total. The molecule has 5 rings (SSSR count). The van der Waals surface area contributed by atoms with Crippen molar-refractivity contribution in [1.82, 2.24) is 5.16 Å². The number of rotatable bonds is 11. The Morgan fingerprint density at radius 2 is 1.24 bits per heavy atom. The molecule has 0 aliphatic rings. The van der Waals surface area contributed by atoms with E-state index in [0.717, 1.165) is 27.8 Å². The molecule has 1 aromatic heterocycles. The number of nitrogens with zero attached hydrogens (tertiary/aromatic N) is 1. The lowest BCUT2D eigenvalue weighted by Gasteiger charge is -2.30. The quantitative estimate of drug-likeness (QED) is 0.0680. The fourth-order valence-corrected chi connectivity index (χ4v) is 8.80. The van der Waals surface area contributed by atoms with Crippen LogP contribution in [0.15, 0.2) is 150 Å². The van der Waals surface area contributed by atoms with E-state index in [-0.39, 0.29) is 11.1 Å². The van der Waals surface area contributed by atoms with Gasteiger partial charge in [-0.15, -0.1) is 0 Å². The Hall–Kier alpha value is -4.99. The molecule has 0 spiro atoms. The molecule has 0 atom stereocenters. The molecule has 0 fully saturated rings. The van der Waals surface area contributed by atoms with Crippen molar-refractivity contribution < 1.29 is 18.8 Å². The maximum atomic E-state index is 13.8. The summed E-state index contributed by atoms with van der Waals surface area (Å²) in [7, 11) is 0. The summed E-state index contributed by atoms with van der Waals surface area (Å²) < 4.78 is 11.0. The first-order chi connectivity index (χ1) is 20.2. The van der Waals surface area contributed by atoms with Gasteiger partial charge in [-0.2, -0.15) is 0 Å². The fourth-order valence-electron chi connectivity index (χ4n) is 4.65. The Bertz CT molecular complexity index is 1600. The average Bonchev–Trinajstić information content (AvgIpc) is 3.50. The number of carbonyl (C=O) groups excluding carboxylic acids is 2. The van der Waals surface area contributed by atoms with Crippen molar-refractivity contribution in [3.63, 3.8) is 0 Å². The van der Waals surface area contributed by atoms with E-state index < -0.39 is 6.89 Å². The SMILES string of the molecule is O=CC(C(=O)C=CC=Cc1cc(OCc2ccccc2)no1)=P(c1ccccc1)(c1ccccc1)c1ccccc1. The summed E-state index contributed by atoms with van der Waals surface area (Å²) in [4.78, 5) is 26.6. The first-order valence-corrected chi connectivity index (χ1v) is 14.9. The summed E-state index contributed by atoms with van der Waals surface area (Å²) in [5.41, 5.74) is 1.02. The molecule has 0 bridgehead atoms. The molecule has 0 unspecified atom stereocenters. The Balaban J connectivity index is 1.47. The van der Waals surface area contributed by atoms with Crippen LogP contribution in [-0.2, 0) is 16.2 Å². The standard InChI is InChI=1S/C35H28NO4P/c37-26-34(33(38)24-14-13-17-29-25-35(36-40-29)39-27-28-15-5-1-6-16-28)41(30-18-7-2-8-19-30,31-20-9-3-10-21-31)32-22-11-4-12-23-32/h1-26H,27H2. The molecule has 41 heavy (non-hydrogen) atoms. The number of aromatic nitrogens is 1. The second-order valence-electron chi connectivity index (χ2n) is 9.10. The number of carbonyl (C=O) groups is 2. The van der Waals surface area contributed by atoms with E-state index in [0.29, 0.717) is 18.2 Å². The van der Waals surface area contributed by atoms with Crippen LogP contribution >= 0.6 is 6.89 Å². The Labute approximate surface area is 239 Å². The first-order valence-electron chi connectivity index (χ1n) is 13.1. The highest BCUT2D eigenvalue weighted by atomic mass is 31.2. The third-order valence-corrected chi connectivity index (χ3v) is 10.8. The molecule has 0 saturated carbocycles. The van der Waals surface area contributed by atoms with Gasteiger partial charge in [0.05, 0.1) is 5.29 Å². The molecule has 1 heterocycles. The summed E-state index contributed by atoms with van der Waals surface area (Å²) in [5.74, 6) is 0.497. The lowest BCUT2D eigenvalue weighted by molar-refractivity contribution is -0.110. The number of hydrogen-bond donors (Lipinski definition) is 0. The van der Waals surface area contributed by atoms with Crippen LogP contribution in [0.3, 0.4) is 0 Å². The highest BCUT2D eigenvalue weighted by molar-refractivity contribution is 7.97. The number of aldehydes is 1. The normalized spacial score (nSPS) is 11.5. The number of allylic oxidation sites excluding steroid dienone is 3. The molecule has 0 radical (unpaired) electrons. The predicted octanol–water partition coefficient (Wildman–Crippen LogP) is 5.76. The lowest BCUT2D eigenvalue weighted by Crippen LogP contribution is -2.33. The van der Waals surface area contributed by atoms with Crippen molar-refractivity contribution in [2.75, 3.05) is 0 Å². The van der Waals surface area contributed by atoms with Crippen LogP contribution in [0.2, 0.25) is 0 Å². The van der Waals surface area contributed by atoms with Gasteiger partial charge in [0.2, 0.25) is 0 Å². The van der Waals surface area contributed by atoms with Crippen LogP contribution in [0, 0.1) is 0 Å². The molecule has 0 amide bonds. The van der Waals surface area contributed by atoms with Crippen LogP contribution in [0.25, 0.3) is 6.08 Å². The monoisotopic (exact) mass is 557 g/mol. The van der Waals surface area contributed by atoms with E-state index in [4.69, 9.17) is 9.26 Å². The van der Waals surface area contributed by atoms with Crippen molar-refractivity contribution in [1.29, 1.82) is 0 Å². The molecule has 5 aromatic rings. The highest BCUT2D eigenvalue weighted by Crippen LogP contribution is 2.46. The molecule has 0 N–H and O–H groups in total. The van der Waals surface area contributed by atoms with Gasteiger partial charge in [0.15, 0.2) is 17.8 Å². The summed E-state index contributed by atoms with van der Waals surface area (Å²) in [6, 6.07) is 40.9. The van der Waals surface area contributed by atoms with Gasteiger partial charge in [-0.1, -0.05) is 133 Å². The van der Waals surface area contributed by atoms with E-state index in [1.54, 1.807) is 24.3 Å². The van der Waals surface area contributed by atoms with Crippen LogP contribution in [0.1, 0.15) is 11.3 Å². The van der Waals surface area contributed by atoms with E-state index >= 15 is 0 Å². The summed E-state index contributed by atoms with van der Waals surface area (Å²) in [6.45, 7) is -2.40. The minimum Gasteiger partial charge on any atom is -0.471 e. The summed E-state index contributed by atoms with van der Waals surface area (Å²) in [6.07, 6.45) is 7.11. The Kier molecular flexibility index (Phi) is 9.00. The van der Waals surface area contributed by atoms with E-state index in [1.165, 1.54) is 6.08 Å². The second kappa shape index (κ2) is 13.4. The fraction of sp³-hybridized carbons (Fsp3) is 0.0286. The van der Waals surface area contributed by atoms with Crippen molar-refractivity contribution in [3.05, 3.63) is 157 Å². The van der Waals surface area contributed by atoms with E-state index in [2.05, 4.69) is 5.16 Å². The smallest absolute Gasteiger partial charge is 0.255 e. The minimum atomic E-state index is -2.78. The molecule has 0 saturated heterocycles. The molecule has 0 aliphatic heterocycles. The second-order valence-corrected chi connectivity index (χ2v) is 12.5. The van der Waals surface area contributed by atoms with Gasteiger partial charge < -0.3 is 9.26 Å². The largest absolute Gasteiger partial charge is 0.471 e. The number of ketones is 1. The zero-order valence-electron chi connectivity index (χ0n) is 22.2. The van der Waals surface area contributed by atoms with Crippen molar-refractivity contribution >= 4 is 46.2 Å². The van der Waals surface area contributed by atoms with E-state index in [9.17, 15) is 9.59 Å². The van der Waals surface area contributed by atoms with Crippen LogP contribution in [0.4, 0.5) is 0 Å². The maximum absolute atomic E-state index is 13.8. The van der Waals surface area contributed by atoms with Gasteiger partial charge in [0, 0.05) is 6.07 Å². The molecular weight excluding hydrogens is 529 g/mol. The molecular formula is C35H28NO4P. The molecule has 0 aliphatic carbocycles. The third kappa shape index (κ3) is 6.27. The van der Waals surface area contributed by atoms with E-state index in [1.807, 2.05) is 121 Å². The van der Waals surface area contributed by atoms with Crippen LogP contribution in [-0.4, -0.2) is 22.5 Å². The van der Waals surface area contributed by atoms with Gasteiger partial charge in [0.1, 0.15) is 6.61 Å². The van der Waals surface area contributed by atoms with Crippen LogP contribution in [0.5, 0.6) is 5.88 Å².